The number of carbonyl (C=O) groups excluding carboxylic acids is 2. The molecule has 5 rings (SSSR count). The Labute approximate surface area is 220 Å². The largest absolute Gasteiger partial charge is 0.489 e. The molecule has 1 aliphatic heterocycles. The van der Waals surface area contributed by atoms with Crippen LogP contribution in [0.1, 0.15) is 47.8 Å². The van der Waals surface area contributed by atoms with E-state index in [-0.39, 0.29) is 12.5 Å². The average molecular weight is 516 g/mol. The van der Waals surface area contributed by atoms with Crippen LogP contribution in [-0.2, 0) is 24.3 Å². The molecule has 1 aliphatic rings. The van der Waals surface area contributed by atoms with Crippen LogP contribution in [0.3, 0.4) is 0 Å². The van der Waals surface area contributed by atoms with Crippen LogP contribution in [0, 0.1) is 0 Å². The third kappa shape index (κ3) is 5.75. The molecule has 0 saturated carbocycles. The Morgan fingerprint density at radius 1 is 1.00 bits per heavy atom. The van der Waals surface area contributed by atoms with E-state index in [1.165, 1.54) is 11.3 Å². The summed E-state index contributed by atoms with van der Waals surface area (Å²) in [7, 11) is 0. The lowest BCUT2D eigenvalue weighted by Gasteiger charge is -2.32. The van der Waals surface area contributed by atoms with Crippen molar-refractivity contribution in [2.24, 2.45) is 0 Å². The molecule has 0 saturated heterocycles. The number of amides is 2. The van der Waals surface area contributed by atoms with Gasteiger partial charge in [-0.3, -0.25) is 10.1 Å². The van der Waals surface area contributed by atoms with Gasteiger partial charge in [-0.05, 0) is 62.6 Å². The monoisotopic (exact) mass is 515 g/mol. The first-order valence-corrected chi connectivity index (χ1v) is 13.0. The van der Waals surface area contributed by atoms with Crippen LogP contribution in [0.15, 0.2) is 66.7 Å². The Hall–Kier alpha value is -3.91. The molecule has 0 atom stereocenters. The number of carbonyl (C=O) groups is 2. The third-order valence-corrected chi connectivity index (χ3v) is 6.97. The molecule has 2 amide bonds. The number of nitrogens with one attached hydrogen (secondary N) is 1. The molecule has 0 bridgehead atoms. The summed E-state index contributed by atoms with van der Waals surface area (Å²) in [5.74, 6) is 0.454. The zero-order chi connectivity index (χ0) is 26.0. The second-order valence-corrected chi connectivity index (χ2v) is 11.0. The van der Waals surface area contributed by atoms with E-state index in [2.05, 4.69) is 10.3 Å². The summed E-state index contributed by atoms with van der Waals surface area (Å²) >= 11 is 1.43. The van der Waals surface area contributed by atoms with Crippen LogP contribution in [0.4, 0.5) is 9.93 Å². The van der Waals surface area contributed by atoms with Crippen LogP contribution < -0.4 is 10.1 Å². The summed E-state index contributed by atoms with van der Waals surface area (Å²) in [6, 6.07) is 21.3. The minimum Gasteiger partial charge on any atom is -0.489 e. The molecular formula is C29H29N3O4S. The van der Waals surface area contributed by atoms with Crippen molar-refractivity contribution in [3.05, 3.63) is 89.0 Å². The summed E-state index contributed by atoms with van der Waals surface area (Å²) in [6.07, 6.45) is 0.160. The number of benzene rings is 3. The molecule has 0 spiro atoms. The molecule has 0 aliphatic carbocycles. The molecule has 37 heavy (non-hydrogen) atoms. The van der Waals surface area contributed by atoms with E-state index in [9.17, 15) is 9.59 Å². The lowest BCUT2D eigenvalue weighted by molar-refractivity contribution is 0.0222. The van der Waals surface area contributed by atoms with Gasteiger partial charge in [0.05, 0.1) is 16.8 Å². The molecule has 7 nitrogen and oxygen atoms in total. The average Bonchev–Trinajstić information content (AvgIpc) is 3.28. The zero-order valence-corrected chi connectivity index (χ0v) is 21.9. The fourth-order valence-corrected chi connectivity index (χ4v) is 5.16. The van der Waals surface area contributed by atoms with E-state index in [0.717, 1.165) is 32.7 Å². The standard InChI is InChI=1S/C29H29N3O4S/c1-29(2,3)36-28(34)32-16-15-20-22(17-32)21(13-14-24(20)35-18-19-9-5-4-6-10-19)26(33)31-27-30-23-11-7-8-12-25(23)37-27/h4-14H,15-18H2,1-3H3,(H,30,31,33). The molecule has 8 heteroatoms. The van der Waals surface area contributed by atoms with E-state index in [1.54, 1.807) is 11.0 Å². The van der Waals surface area contributed by atoms with E-state index in [1.807, 2.05) is 81.4 Å². The van der Waals surface area contributed by atoms with Crippen molar-refractivity contribution in [1.82, 2.24) is 9.88 Å². The number of rotatable bonds is 5. The second-order valence-electron chi connectivity index (χ2n) is 9.94. The number of fused-ring (bicyclic) bond motifs is 2. The van der Waals surface area contributed by atoms with Gasteiger partial charge >= 0.3 is 6.09 Å². The van der Waals surface area contributed by atoms with Crippen LogP contribution in [0.5, 0.6) is 5.75 Å². The molecule has 1 N–H and O–H groups in total. The number of para-hydroxylation sites is 1. The Morgan fingerprint density at radius 3 is 2.51 bits per heavy atom. The topological polar surface area (TPSA) is 80.8 Å². The minimum atomic E-state index is -0.606. The number of hydrogen-bond donors (Lipinski definition) is 1. The normalized spacial score (nSPS) is 13.2. The predicted octanol–water partition coefficient (Wildman–Crippen LogP) is 6.42. The van der Waals surface area contributed by atoms with Gasteiger partial charge in [-0.2, -0.15) is 0 Å². The van der Waals surface area contributed by atoms with Crippen molar-refractivity contribution in [2.45, 2.75) is 45.9 Å². The SMILES string of the molecule is CC(C)(C)OC(=O)N1CCc2c(OCc3ccccc3)ccc(C(=O)Nc3nc4ccccc4s3)c2C1. The molecule has 3 aromatic carbocycles. The van der Waals surface area contributed by atoms with E-state index in [0.29, 0.717) is 30.3 Å². The van der Waals surface area contributed by atoms with Crippen LogP contribution >= 0.6 is 11.3 Å². The van der Waals surface area contributed by atoms with Gasteiger partial charge in [0.15, 0.2) is 5.13 Å². The summed E-state index contributed by atoms with van der Waals surface area (Å²) < 4.78 is 12.8. The number of aromatic nitrogens is 1. The Kier molecular flexibility index (Phi) is 6.84. The lowest BCUT2D eigenvalue weighted by atomic mass is 9.93. The fourth-order valence-electron chi connectivity index (χ4n) is 4.30. The van der Waals surface area contributed by atoms with Crippen LogP contribution in [0.2, 0.25) is 0 Å². The number of anilines is 1. The van der Waals surface area contributed by atoms with Crippen LogP contribution in [-0.4, -0.2) is 34.0 Å². The van der Waals surface area contributed by atoms with Gasteiger partial charge in [0.1, 0.15) is 18.0 Å². The maximum Gasteiger partial charge on any atom is 0.410 e. The highest BCUT2D eigenvalue weighted by Crippen LogP contribution is 2.33. The van der Waals surface area contributed by atoms with Gasteiger partial charge in [0.2, 0.25) is 0 Å². The molecule has 1 aromatic heterocycles. The smallest absolute Gasteiger partial charge is 0.410 e. The quantitative estimate of drug-likeness (QED) is 0.332. The van der Waals surface area contributed by atoms with Crippen molar-refractivity contribution in [1.29, 1.82) is 0 Å². The van der Waals surface area contributed by atoms with Gasteiger partial charge < -0.3 is 14.4 Å². The van der Waals surface area contributed by atoms with Crippen molar-refractivity contribution >= 4 is 38.7 Å². The molecule has 0 radical (unpaired) electrons. The zero-order valence-electron chi connectivity index (χ0n) is 21.1. The Bertz CT molecular complexity index is 1410. The van der Waals surface area contributed by atoms with Gasteiger partial charge in [-0.15, -0.1) is 0 Å². The molecular weight excluding hydrogens is 486 g/mol. The molecule has 4 aromatic rings. The maximum absolute atomic E-state index is 13.4. The number of nitrogens with zero attached hydrogens (tertiary/aromatic N) is 2. The first-order chi connectivity index (χ1) is 17.8. The maximum atomic E-state index is 13.4. The second kappa shape index (κ2) is 10.2. The highest BCUT2D eigenvalue weighted by molar-refractivity contribution is 7.22. The van der Waals surface area contributed by atoms with Crippen molar-refractivity contribution in [3.63, 3.8) is 0 Å². The summed E-state index contributed by atoms with van der Waals surface area (Å²) in [5.41, 5.74) is 3.49. The third-order valence-electron chi connectivity index (χ3n) is 6.02. The van der Waals surface area contributed by atoms with Gasteiger partial charge in [0, 0.05) is 17.7 Å². The van der Waals surface area contributed by atoms with Gasteiger partial charge in [-0.1, -0.05) is 53.8 Å². The van der Waals surface area contributed by atoms with E-state index < -0.39 is 11.7 Å². The molecule has 0 fully saturated rings. The Balaban J connectivity index is 1.44. The minimum absolute atomic E-state index is 0.259. The van der Waals surface area contributed by atoms with E-state index in [4.69, 9.17) is 9.47 Å². The first-order valence-electron chi connectivity index (χ1n) is 12.2. The van der Waals surface area contributed by atoms with Crippen molar-refractivity contribution in [3.8, 4) is 5.75 Å². The summed E-state index contributed by atoms with van der Waals surface area (Å²) in [4.78, 5) is 32.5. The van der Waals surface area contributed by atoms with Gasteiger partial charge in [0.25, 0.3) is 5.91 Å². The van der Waals surface area contributed by atoms with Crippen LogP contribution in [0.25, 0.3) is 10.2 Å². The number of thiazole rings is 1. The van der Waals surface area contributed by atoms with Crippen molar-refractivity contribution in [2.75, 3.05) is 11.9 Å². The van der Waals surface area contributed by atoms with E-state index >= 15 is 0 Å². The van der Waals surface area contributed by atoms with Gasteiger partial charge in [-0.25, -0.2) is 9.78 Å². The number of ether oxygens (including phenoxy) is 2. The first kappa shape index (κ1) is 24.8. The lowest BCUT2D eigenvalue weighted by Crippen LogP contribution is -2.40. The molecule has 2 heterocycles. The molecule has 190 valence electrons. The highest BCUT2D eigenvalue weighted by Gasteiger charge is 2.30. The highest BCUT2D eigenvalue weighted by atomic mass is 32.1. The number of hydrogen-bond acceptors (Lipinski definition) is 6. The van der Waals surface area contributed by atoms with Crippen molar-refractivity contribution < 1.29 is 19.1 Å². The fraction of sp³-hybridized carbons (Fsp3) is 0.276. The Morgan fingerprint density at radius 2 is 1.76 bits per heavy atom. The predicted molar refractivity (Wildman–Crippen MR) is 145 cm³/mol. The molecule has 0 unspecified atom stereocenters. The summed E-state index contributed by atoms with van der Waals surface area (Å²) in [5, 5.41) is 3.48. The summed E-state index contributed by atoms with van der Waals surface area (Å²) in [6.45, 7) is 6.68.